The molecule has 0 aliphatic heterocycles. The molecule has 3 aromatic carbocycles. The number of benzene rings is 3. The molecular formula is C25H28N2O5S. The Morgan fingerprint density at radius 3 is 1.85 bits per heavy atom. The fourth-order valence-electron chi connectivity index (χ4n) is 3.20. The van der Waals surface area contributed by atoms with Gasteiger partial charge < -0.3 is 14.4 Å². The zero-order valence-electron chi connectivity index (χ0n) is 18.9. The summed E-state index contributed by atoms with van der Waals surface area (Å²) in [4.78, 5) is 14.5. The molecule has 0 saturated carbocycles. The van der Waals surface area contributed by atoms with E-state index in [0.29, 0.717) is 36.8 Å². The van der Waals surface area contributed by atoms with Crippen molar-refractivity contribution in [1.82, 2.24) is 4.90 Å². The lowest BCUT2D eigenvalue weighted by atomic mass is 10.1. The molecular weight excluding hydrogens is 440 g/mol. The monoisotopic (exact) mass is 468 g/mol. The normalized spacial score (nSPS) is 11.0. The number of ether oxygens (including phenoxy) is 2. The molecule has 0 radical (unpaired) electrons. The SMILES string of the molecule is CCOc1ccc(CN(C)C(=O)c2ccc(NS(=O)(=O)c3ccc(OCC)cc3)cc2)cc1. The van der Waals surface area contributed by atoms with Crippen molar-refractivity contribution >= 4 is 21.6 Å². The van der Waals surface area contributed by atoms with Crippen LogP contribution in [0.1, 0.15) is 29.8 Å². The highest BCUT2D eigenvalue weighted by atomic mass is 32.2. The average molecular weight is 469 g/mol. The maximum absolute atomic E-state index is 12.8. The largest absolute Gasteiger partial charge is 0.494 e. The molecule has 0 aliphatic rings. The number of sulfonamides is 1. The Hall–Kier alpha value is -3.52. The van der Waals surface area contributed by atoms with Crippen molar-refractivity contribution in [2.24, 2.45) is 0 Å². The highest BCUT2D eigenvalue weighted by Gasteiger charge is 2.16. The molecule has 0 heterocycles. The van der Waals surface area contributed by atoms with E-state index in [-0.39, 0.29) is 10.8 Å². The maximum Gasteiger partial charge on any atom is 0.261 e. The molecule has 3 rings (SSSR count). The van der Waals surface area contributed by atoms with Crippen LogP contribution in [0, 0.1) is 0 Å². The van der Waals surface area contributed by atoms with Crippen LogP contribution in [0.15, 0.2) is 77.7 Å². The van der Waals surface area contributed by atoms with Crippen LogP contribution in [0.2, 0.25) is 0 Å². The second-order valence-corrected chi connectivity index (χ2v) is 9.01. The number of hydrogen-bond donors (Lipinski definition) is 1. The van der Waals surface area contributed by atoms with E-state index in [0.717, 1.165) is 11.3 Å². The van der Waals surface area contributed by atoms with Gasteiger partial charge in [-0.3, -0.25) is 9.52 Å². The van der Waals surface area contributed by atoms with Crippen molar-refractivity contribution in [2.75, 3.05) is 25.0 Å². The molecule has 0 fully saturated rings. The van der Waals surface area contributed by atoms with Gasteiger partial charge in [0.1, 0.15) is 11.5 Å². The van der Waals surface area contributed by atoms with E-state index in [1.807, 2.05) is 38.1 Å². The number of nitrogens with zero attached hydrogens (tertiary/aromatic N) is 1. The van der Waals surface area contributed by atoms with Crippen LogP contribution in [0.5, 0.6) is 11.5 Å². The van der Waals surface area contributed by atoms with E-state index in [1.54, 1.807) is 48.3 Å². The fraction of sp³-hybridized carbons (Fsp3) is 0.240. The van der Waals surface area contributed by atoms with Gasteiger partial charge in [0.25, 0.3) is 15.9 Å². The molecule has 3 aromatic rings. The van der Waals surface area contributed by atoms with Gasteiger partial charge in [-0.25, -0.2) is 8.42 Å². The van der Waals surface area contributed by atoms with Crippen LogP contribution in [-0.4, -0.2) is 39.5 Å². The minimum absolute atomic E-state index is 0.126. The number of hydrogen-bond acceptors (Lipinski definition) is 5. The number of anilines is 1. The van der Waals surface area contributed by atoms with Gasteiger partial charge in [0, 0.05) is 24.8 Å². The summed E-state index contributed by atoms with van der Waals surface area (Å²) < 4.78 is 38.6. The van der Waals surface area contributed by atoms with E-state index in [4.69, 9.17) is 9.47 Å². The topological polar surface area (TPSA) is 84.9 Å². The van der Waals surface area contributed by atoms with Crippen LogP contribution in [0.3, 0.4) is 0 Å². The summed E-state index contributed by atoms with van der Waals surface area (Å²) in [6, 6.07) is 20.2. The van der Waals surface area contributed by atoms with E-state index in [9.17, 15) is 13.2 Å². The number of carbonyl (C=O) groups is 1. The Morgan fingerprint density at radius 1 is 0.818 bits per heavy atom. The minimum atomic E-state index is -3.75. The Morgan fingerprint density at radius 2 is 1.33 bits per heavy atom. The van der Waals surface area contributed by atoms with Gasteiger partial charge in [0.15, 0.2) is 0 Å². The molecule has 33 heavy (non-hydrogen) atoms. The Balaban J connectivity index is 1.63. The molecule has 0 aliphatic carbocycles. The highest BCUT2D eigenvalue weighted by molar-refractivity contribution is 7.92. The summed E-state index contributed by atoms with van der Waals surface area (Å²) in [7, 11) is -2.03. The predicted octanol–water partition coefficient (Wildman–Crippen LogP) is 4.56. The molecule has 0 unspecified atom stereocenters. The van der Waals surface area contributed by atoms with Gasteiger partial charge >= 0.3 is 0 Å². The molecule has 0 saturated heterocycles. The Bertz CT molecular complexity index is 1160. The lowest BCUT2D eigenvalue weighted by Crippen LogP contribution is -2.26. The minimum Gasteiger partial charge on any atom is -0.494 e. The number of nitrogens with one attached hydrogen (secondary N) is 1. The molecule has 0 bridgehead atoms. The van der Waals surface area contributed by atoms with Crippen molar-refractivity contribution in [3.8, 4) is 11.5 Å². The summed E-state index contributed by atoms with van der Waals surface area (Å²) in [5.74, 6) is 1.23. The molecule has 1 N–H and O–H groups in total. The quantitative estimate of drug-likeness (QED) is 0.472. The lowest BCUT2D eigenvalue weighted by Gasteiger charge is -2.18. The van der Waals surface area contributed by atoms with Crippen molar-refractivity contribution in [3.05, 3.63) is 83.9 Å². The standard InChI is InChI=1S/C25H28N2O5S/c1-4-31-22-12-6-19(7-13-22)18-27(3)25(28)20-8-10-21(11-9-20)26-33(29,30)24-16-14-23(15-17-24)32-5-2/h6-17,26H,4-5,18H2,1-3H3. The third-order valence-corrected chi connectivity index (χ3v) is 6.23. The van der Waals surface area contributed by atoms with Crippen LogP contribution in [-0.2, 0) is 16.6 Å². The number of rotatable bonds is 10. The van der Waals surface area contributed by atoms with E-state index >= 15 is 0 Å². The number of amides is 1. The summed E-state index contributed by atoms with van der Waals surface area (Å²) in [5.41, 5.74) is 1.82. The molecule has 0 atom stereocenters. The van der Waals surface area contributed by atoms with E-state index in [2.05, 4.69) is 4.72 Å². The lowest BCUT2D eigenvalue weighted by molar-refractivity contribution is 0.0785. The Kier molecular flexibility index (Phi) is 7.95. The Labute approximate surface area is 195 Å². The van der Waals surface area contributed by atoms with Crippen molar-refractivity contribution in [3.63, 3.8) is 0 Å². The van der Waals surface area contributed by atoms with Crippen LogP contribution >= 0.6 is 0 Å². The molecule has 0 spiro atoms. The number of carbonyl (C=O) groups excluding carboxylic acids is 1. The first-order chi connectivity index (χ1) is 15.8. The van der Waals surface area contributed by atoms with Gasteiger partial charge in [-0.05, 0) is 80.1 Å². The third kappa shape index (κ3) is 6.49. The van der Waals surface area contributed by atoms with Gasteiger partial charge in [-0.15, -0.1) is 0 Å². The molecule has 7 nitrogen and oxygen atoms in total. The van der Waals surface area contributed by atoms with Crippen molar-refractivity contribution in [1.29, 1.82) is 0 Å². The first-order valence-corrected chi connectivity index (χ1v) is 12.1. The maximum atomic E-state index is 12.8. The molecule has 8 heteroatoms. The third-order valence-electron chi connectivity index (χ3n) is 4.83. The zero-order valence-corrected chi connectivity index (χ0v) is 19.8. The first-order valence-electron chi connectivity index (χ1n) is 10.7. The average Bonchev–Trinajstić information content (AvgIpc) is 2.81. The molecule has 174 valence electrons. The van der Waals surface area contributed by atoms with E-state index < -0.39 is 10.0 Å². The van der Waals surface area contributed by atoms with Gasteiger partial charge in [0.05, 0.1) is 18.1 Å². The van der Waals surface area contributed by atoms with Crippen LogP contribution in [0.4, 0.5) is 5.69 Å². The summed E-state index contributed by atoms with van der Waals surface area (Å²) in [5, 5.41) is 0. The smallest absolute Gasteiger partial charge is 0.261 e. The van der Waals surface area contributed by atoms with Gasteiger partial charge in [-0.2, -0.15) is 0 Å². The summed E-state index contributed by atoms with van der Waals surface area (Å²) in [6.45, 7) is 5.33. The first kappa shape index (κ1) is 24.1. The van der Waals surface area contributed by atoms with Gasteiger partial charge in [0.2, 0.25) is 0 Å². The van der Waals surface area contributed by atoms with Crippen molar-refractivity contribution in [2.45, 2.75) is 25.3 Å². The summed E-state index contributed by atoms with van der Waals surface area (Å²) in [6.07, 6.45) is 0. The van der Waals surface area contributed by atoms with E-state index in [1.165, 1.54) is 12.1 Å². The summed E-state index contributed by atoms with van der Waals surface area (Å²) >= 11 is 0. The second kappa shape index (κ2) is 10.9. The van der Waals surface area contributed by atoms with Crippen molar-refractivity contribution < 1.29 is 22.7 Å². The molecule has 0 aromatic heterocycles. The zero-order chi connectivity index (χ0) is 23.8. The van der Waals surface area contributed by atoms with Crippen LogP contribution in [0.25, 0.3) is 0 Å². The second-order valence-electron chi connectivity index (χ2n) is 7.33. The fourth-order valence-corrected chi connectivity index (χ4v) is 4.26. The van der Waals surface area contributed by atoms with Crippen LogP contribution < -0.4 is 14.2 Å². The highest BCUT2D eigenvalue weighted by Crippen LogP contribution is 2.20. The molecule has 1 amide bonds. The van der Waals surface area contributed by atoms with Gasteiger partial charge in [-0.1, -0.05) is 12.1 Å². The predicted molar refractivity (Wildman–Crippen MR) is 128 cm³/mol.